The summed E-state index contributed by atoms with van der Waals surface area (Å²) in [7, 11) is 11.0. The predicted octanol–water partition coefficient (Wildman–Crippen LogP) is 5.22. The molecule has 23 heavy (non-hydrogen) atoms. The molecule has 0 aliphatic carbocycles. The van der Waals surface area contributed by atoms with Crippen LogP contribution in [-0.2, 0) is 0 Å². The van der Waals surface area contributed by atoms with E-state index >= 15 is 0 Å². The zero-order chi connectivity index (χ0) is 17.1. The second kappa shape index (κ2) is 7.65. The normalized spacial score (nSPS) is 13.1. The van der Waals surface area contributed by atoms with Crippen molar-refractivity contribution in [3.8, 4) is 0 Å². The summed E-state index contributed by atoms with van der Waals surface area (Å²) < 4.78 is 2.19. The fourth-order valence-corrected chi connectivity index (χ4v) is 64.8. The van der Waals surface area contributed by atoms with E-state index in [1.807, 2.05) is 0 Å². The average Bonchev–Trinajstić information content (AvgIpc) is 2.47. The molecule has 2 aromatic rings. The number of rotatable bonds is 6. The molecule has 0 aliphatic rings. The molecule has 0 amide bonds. The Balaban J connectivity index is 2.16. The summed E-state index contributed by atoms with van der Waals surface area (Å²) in [5.74, 6) is 0. The van der Waals surface area contributed by atoms with Crippen LogP contribution in [0.4, 0.5) is 0 Å². The fourth-order valence-electron chi connectivity index (χ4n) is 3.34. The van der Waals surface area contributed by atoms with Crippen molar-refractivity contribution in [2.24, 2.45) is 0 Å². The molecule has 2 aromatic carbocycles. The monoisotopic (exact) mass is 488 g/mol. The van der Waals surface area contributed by atoms with Gasteiger partial charge in [-0.3, -0.25) is 0 Å². The van der Waals surface area contributed by atoms with Crippen molar-refractivity contribution in [1.29, 1.82) is 0 Å². The molecule has 0 nitrogen and oxygen atoms in total. The number of benzene rings is 2. The van der Waals surface area contributed by atoms with Crippen LogP contribution in [0.15, 0.2) is 60.7 Å². The van der Waals surface area contributed by atoms with Gasteiger partial charge in [-0.25, -0.2) is 0 Å². The zero-order valence-electron chi connectivity index (χ0n) is 14.4. The molecule has 0 N–H and O–H groups in total. The summed E-state index contributed by atoms with van der Waals surface area (Å²) in [6, 6.07) is 21.7. The fraction of sp³-hybridized carbons (Fsp3) is 0.333. The van der Waals surface area contributed by atoms with Crippen molar-refractivity contribution in [2.75, 3.05) is 0 Å². The van der Waals surface area contributed by atoms with Gasteiger partial charge < -0.3 is 0 Å². The molecule has 0 aromatic heterocycles. The first-order valence-corrected chi connectivity index (χ1v) is 25.8. The second-order valence-electron chi connectivity index (χ2n) is 7.71. The maximum atomic E-state index is 7.05. The van der Waals surface area contributed by atoms with Crippen LogP contribution in [0.25, 0.3) is 0 Å². The average molecular weight is 488 g/mol. The van der Waals surface area contributed by atoms with E-state index in [4.69, 9.17) is 17.8 Å². The molecule has 0 radical (unpaired) electrons. The summed E-state index contributed by atoms with van der Waals surface area (Å²) in [6.07, 6.45) is 0. The Morgan fingerprint density at radius 1 is 0.652 bits per heavy atom. The van der Waals surface area contributed by atoms with Gasteiger partial charge in [-0.2, -0.15) is 0 Å². The molecule has 0 aliphatic heterocycles. The van der Waals surface area contributed by atoms with E-state index in [-0.39, 0.29) is 0 Å². The van der Waals surface area contributed by atoms with Crippen LogP contribution < -0.4 is 10.4 Å². The van der Waals surface area contributed by atoms with Crippen LogP contribution in [0.3, 0.4) is 0 Å². The molecule has 0 atom stereocenters. The Morgan fingerprint density at radius 2 is 0.957 bits per heavy atom. The number of hydrogen-bond donors (Lipinski definition) is 0. The standard InChI is InChI=1S/2C9H13Si.2ClH.Sn/c2*1-10(2,3)9-7-5-4-6-8-9;;;/h2*4-8H,1H2,2-3H3;2*1H;/q;;;;+2/p-2. The summed E-state index contributed by atoms with van der Waals surface area (Å²) in [5.41, 5.74) is 0. The Kier molecular flexibility index (Phi) is 6.51. The Morgan fingerprint density at radius 3 is 1.26 bits per heavy atom. The molecule has 0 fully saturated rings. The van der Waals surface area contributed by atoms with E-state index in [1.54, 1.807) is 0 Å². The van der Waals surface area contributed by atoms with Crippen LogP contribution >= 0.6 is 17.8 Å². The van der Waals surface area contributed by atoms with Crippen molar-refractivity contribution in [1.82, 2.24) is 0 Å². The van der Waals surface area contributed by atoms with Crippen LogP contribution in [0, 0.1) is 0 Å². The van der Waals surface area contributed by atoms with Gasteiger partial charge in [-0.05, 0) is 0 Å². The van der Waals surface area contributed by atoms with E-state index in [0.29, 0.717) is 0 Å². The molecular weight excluding hydrogens is 462 g/mol. The molecule has 5 heteroatoms. The van der Waals surface area contributed by atoms with E-state index in [2.05, 4.69) is 86.9 Å². The molecule has 0 bridgehead atoms. The van der Waals surface area contributed by atoms with Crippen molar-refractivity contribution in [3.05, 3.63) is 60.7 Å². The minimum absolute atomic E-state index is 1.10. The van der Waals surface area contributed by atoms with Gasteiger partial charge >= 0.3 is 155 Å². The Hall–Kier alpha value is 0.252. The predicted molar refractivity (Wildman–Crippen MR) is 114 cm³/mol. The van der Waals surface area contributed by atoms with Gasteiger partial charge in [0.15, 0.2) is 0 Å². The van der Waals surface area contributed by atoms with Crippen molar-refractivity contribution in [2.45, 2.75) is 34.3 Å². The molecule has 124 valence electrons. The van der Waals surface area contributed by atoms with Gasteiger partial charge in [-0.15, -0.1) is 0 Å². The third kappa shape index (κ3) is 5.63. The Bertz CT molecular complexity index is 572. The summed E-state index contributed by atoms with van der Waals surface area (Å²) in [4.78, 5) is 0. The van der Waals surface area contributed by atoms with E-state index in [0.717, 1.165) is 8.12 Å². The van der Waals surface area contributed by atoms with Gasteiger partial charge in [0, 0.05) is 0 Å². The molecule has 0 saturated heterocycles. The maximum absolute atomic E-state index is 7.05. The van der Waals surface area contributed by atoms with Crippen LogP contribution in [0.5, 0.6) is 0 Å². The summed E-state index contributed by atoms with van der Waals surface area (Å²) >= 11 is -3.10. The van der Waals surface area contributed by atoms with Gasteiger partial charge in [0.05, 0.1) is 0 Å². The van der Waals surface area contributed by atoms with Gasteiger partial charge in [-0.1, -0.05) is 0 Å². The van der Waals surface area contributed by atoms with Crippen molar-refractivity contribution in [3.63, 3.8) is 0 Å². The second-order valence-corrected chi connectivity index (χ2v) is 39.1. The number of hydrogen-bond acceptors (Lipinski definition) is 0. The Labute approximate surface area is 154 Å². The minimum atomic E-state index is -3.10. The van der Waals surface area contributed by atoms with Gasteiger partial charge in [0.2, 0.25) is 0 Å². The third-order valence-corrected chi connectivity index (χ3v) is 45.9. The van der Waals surface area contributed by atoms with Crippen LogP contribution in [-0.4, -0.2) is 32.3 Å². The number of halogens is 2. The first kappa shape index (κ1) is 19.6. The molecule has 0 unspecified atom stereocenters. The SMILES string of the molecule is C[Si](C)([CH2][Sn]([Cl])([Cl])[CH2][Si](C)(C)c1ccccc1)c1ccccc1. The first-order valence-electron chi connectivity index (χ1n) is 8.11. The van der Waals surface area contributed by atoms with Gasteiger partial charge in [0.1, 0.15) is 0 Å². The van der Waals surface area contributed by atoms with Crippen LogP contribution in [0.2, 0.25) is 34.3 Å². The summed E-state index contributed by atoms with van der Waals surface area (Å²) in [5, 5.41) is 2.95. The topological polar surface area (TPSA) is 0 Å². The summed E-state index contributed by atoms with van der Waals surface area (Å²) in [6.45, 7) is 9.65. The third-order valence-electron chi connectivity index (χ3n) is 4.51. The molecule has 0 heterocycles. The zero-order valence-corrected chi connectivity index (χ0v) is 20.8. The molecule has 2 rings (SSSR count). The van der Waals surface area contributed by atoms with Crippen molar-refractivity contribution < 1.29 is 0 Å². The van der Waals surface area contributed by atoms with Crippen LogP contribution in [0.1, 0.15) is 0 Å². The van der Waals surface area contributed by atoms with Crippen molar-refractivity contribution >= 4 is 60.5 Å². The quantitative estimate of drug-likeness (QED) is 0.490. The molecule has 0 saturated carbocycles. The van der Waals surface area contributed by atoms with E-state index < -0.39 is 32.3 Å². The van der Waals surface area contributed by atoms with E-state index in [9.17, 15) is 0 Å². The molecular formula is C18H26Cl2Si2Sn. The van der Waals surface area contributed by atoms with E-state index in [1.165, 1.54) is 10.4 Å². The van der Waals surface area contributed by atoms with Gasteiger partial charge in [0.25, 0.3) is 0 Å². The molecule has 0 spiro atoms. The first-order chi connectivity index (χ1) is 10.6.